The Bertz CT molecular complexity index is 638. The van der Waals surface area contributed by atoms with Gasteiger partial charge in [-0.05, 0) is 18.2 Å². The third kappa shape index (κ3) is 3.14. The third-order valence-electron chi connectivity index (χ3n) is 2.61. The minimum absolute atomic E-state index is 0.00875. The van der Waals surface area contributed by atoms with Gasteiger partial charge in [0, 0.05) is 15.6 Å². The monoisotopic (exact) mass is 341 g/mol. The van der Waals surface area contributed by atoms with Crippen LogP contribution in [0.1, 0.15) is 15.9 Å². The van der Waals surface area contributed by atoms with Crippen molar-refractivity contribution >= 4 is 21.8 Å². The maximum atomic E-state index is 13.7. The summed E-state index contributed by atoms with van der Waals surface area (Å²) >= 11 is 3.31. The fraction of sp³-hybridized carbons (Fsp3) is 0.0714. The van der Waals surface area contributed by atoms with Crippen molar-refractivity contribution in [2.24, 2.45) is 5.73 Å². The largest absolute Gasteiger partial charge is 0.483 e. The summed E-state index contributed by atoms with van der Waals surface area (Å²) in [6, 6.07) is 8.85. The molecule has 0 bridgehead atoms. The van der Waals surface area contributed by atoms with Gasteiger partial charge < -0.3 is 10.5 Å². The van der Waals surface area contributed by atoms with Crippen LogP contribution < -0.4 is 10.5 Å². The molecule has 3 nitrogen and oxygen atoms in total. The molecular weight excluding hydrogens is 332 g/mol. The number of hydrogen-bond acceptors (Lipinski definition) is 2. The van der Waals surface area contributed by atoms with Crippen molar-refractivity contribution < 1.29 is 18.3 Å². The summed E-state index contributed by atoms with van der Waals surface area (Å²) in [6.07, 6.45) is 0. The lowest BCUT2D eigenvalue weighted by Gasteiger charge is -2.10. The molecule has 0 heterocycles. The number of nitrogens with two attached hydrogens (primary N) is 1. The van der Waals surface area contributed by atoms with E-state index in [0.717, 1.165) is 22.2 Å². The van der Waals surface area contributed by atoms with E-state index in [-0.39, 0.29) is 12.2 Å². The van der Waals surface area contributed by atoms with Crippen molar-refractivity contribution in [3.8, 4) is 5.75 Å². The highest BCUT2D eigenvalue weighted by Gasteiger charge is 2.15. The molecule has 104 valence electrons. The fourth-order valence-electron chi connectivity index (χ4n) is 1.61. The van der Waals surface area contributed by atoms with Gasteiger partial charge in [0.25, 0.3) is 0 Å². The molecule has 0 atom stereocenters. The van der Waals surface area contributed by atoms with E-state index in [0.29, 0.717) is 0 Å². The van der Waals surface area contributed by atoms with E-state index in [4.69, 9.17) is 10.5 Å². The van der Waals surface area contributed by atoms with Gasteiger partial charge in [0.2, 0.25) is 5.91 Å². The van der Waals surface area contributed by atoms with Crippen LogP contribution in [-0.2, 0) is 6.61 Å². The Hall–Kier alpha value is -1.95. The van der Waals surface area contributed by atoms with Crippen LogP contribution in [0.5, 0.6) is 5.75 Å². The lowest BCUT2D eigenvalue weighted by molar-refractivity contribution is 0.0999. The molecule has 0 unspecified atom stereocenters. The maximum absolute atomic E-state index is 13.7. The molecule has 0 saturated heterocycles. The van der Waals surface area contributed by atoms with Crippen LogP contribution in [0.3, 0.4) is 0 Å². The Kier molecular flexibility index (Phi) is 4.34. The SMILES string of the molecule is NC(=O)c1cc(F)c(OCc2ccccc2Br)c(F)c1. The van der Waals surface area contributed by atoms with E-state index in [1.807, 2.05) is 6.07 Å². The Labute approximate surface area is 122 Å². The molecule has 0 aromatic heterocycles. The minimum Gasteiger partial charge on any atom is -0.483 e. The zero-order chi connectivity index (χ0) is 14.7. The number of primary amides is 1. The molecule has 1 amide bonds. The highest BCUT2D eigenvalue weighted by atomic mass is 79.9. The Morgan fingerprint density at radius 2 is 1.80 bits per heavy atom. The third-order valence-corrected chi connectivity index (χ3v) is 3.39. The quantitative estimate of drug-likeness (QED) is 0.926. The summed E-state index contributed by atoms with van der Waals surface area (Å²) in [5, 5.41) is 0. The molecule has 0 fully saturated rings. The van der Waals surface area contributed by atoms with Crippen LogP contribution in [0.4, 0.5) is 8.78 Å². The van der Waals surface area contributed by atoms with Crippen LogP contribution >= 0.6 is 15.9 Å². The number of carbonyl (C=O) groups excluding carboxylic acids is 1. The summed E-state index contributed by atoms with van der Waals surface area (Å²) < 4.78 is 33.3. The lowest BCUT2D eigenvalue weighted by Crippen LogP contribution is -2.12. The van der Waals surface area contributed by atoms with E-state index >= 15 is 0 Å². The smallest absolute Gasteiger partial charge is 0.248 e. The van der Waals surface area contributed by atoms with Crippen LogP contribution in [0.2, 0.25) is 0 Å². The molecule has 0 aliphatic carbocycles. The van der Waals surface area contributed by atoms with Gasteiger partial charge in [0.05, 0.1) is 0 Å². The van der Waals surface area contributed by atoms with Crippen molar-refractivity contribution in [1.82, 2.24) is 0 Å². The summed E-state index contributed by atoms with van der Waals surface area (Å²) in [4.78, 5) is 10.9. The number of amides is 1. The molecular formula is C14H10BrF2NO2. The van der Waals surface area contributed by atoms with Crippen LogP contribution in [-0.4, -0.2) is 5.91 Å². The maximum Gasteiger partial charge on any atom is 0.248 e. The second kappa shape index (κ2) is 6.00. The average molecular weight is 342 g/mol. The van der Waals surface area contributed by atoms with Crippen LogP contribution in [0, 0.1) is 11.6 Å². The highest BCUT2D eigenvalue weighted by Crippen LogP contribution is 2.25. The van der Waals surface area contributed by atoms with Gasteiger partial charge >= 0.3 is 0 Å². The van der Waals surface area contributed by atoms with Gasteiger partial charge in [0.15, 0.2) is 17.4 Å². The molecule has 0 aliphatic rings. The van der Waals surface area contributed by atoms with Crippen molar-refractivity contribution in [3.05, 3.63) is 63.6 Å². The number of benzene rings is 2. The van der Waals surface area contributed by atoms with Crippen molar-refractivity contribution in [1.29, 1.82) is 0 Å². The van der Waals surface area contributed by atoms with Gasteiger partial charge in [-0.3, -0.25) is 4.79 Å². The number of hydrogen-bond donors (Lipinski definition) is 1. The molecule has 0 aliphatic heterocycles. The number of ether oxygens (including phenoxy) is 1. The van der Waals surface area contributed by atoms with Gasteiger partial charge in [-0.15, -0.1) is 0 Å². The Morgan fingerprint density at radius 1 is 1.20 bits per heavy atom. The number of rotatable bonds is 4. The minimum atomic E-state index is -0.967. The molecule has 2 aromatic carbocycles. The molecule has 0 spiro atoms. The zero-order valence-electron chi connectivity index (χ0n) is 10.2. The molecule has 2 N–H and O–H groups in total. The van der Waals surface area contributed by atoms with Gasteiger partial charge in [-0.2, -0.15) is 0 Å². The Balaban J connectivity index is 2.22. The standard InChI is InChI=1S/C14H10BrF2NO2/c15-10-4-2-1-3-8(10)7-20-13-11(16)5-9(14(18)19)6-12(13)17/h1-6H,7H2,(H2,18,19). The summed E-state index contributed by atoms with van der Waals surface area (Å²) in [5.41, 5.74) is 5.47. The fourth-order valence-corrected chi connectivity index (χ4v) is 2.00. The first-order chi connectivity index (χ1) is 9.49. The van der Waals surface area contributed by atoms with Crippen molar-refractivity contribution in [2.75, 3.05) is 0 Å². The zero-order valence-corrected chi connectivity index (χ0v) is 11.8. The molecule has 0 saturated carbocycles. The van der Waals surface area contributed by atoms with Crippen molar-refractivity contribution in [3.63, 3.8) is 0 Å². The van der Waals surface area contributed by atoms with E-state index in [1.54, 1.807) is 18.2 Å². The first-order valence-corrected chi connectivity index (χ1v) is 6.43. The second-order valence-corrected chi connectivity index (χ2v) is 4.87. The van der Waals surface area contributed by atoms with Gasteiger partial charge in [0.1, 0.15) is 6.61 Å². The molecule has 2 rings (SSSR count). The number of carbonyl (C=O) groups is 1. The molecule has 20 heavy (non-hydrogen) atoms. The predicted octanol–water partition coefficient (Wildman–Crippen LogP) is 3.41. The molecule has 6 heteroatoms. The molecule has 0 radical (unpaired) electrons. The number of halogens is 3. The summed E-state index contributed by atoms with van der Waals surface area (Å²) in [7, 11) is 0. The Morgan fingerprint density at radius 3 is 2.35 bits per heavy atom. The van der Waals surface area contributed by atoms with E-state index in [1.165, 1.54) is 0 Å². The van der Waals surface area contributed by atoms with E-state index in [2.05, 4.69) is 15.9 Å². The lowest BCUT2D eigenvalue weighted by atomic mass is 10.2. The average Bonchev–Trinajstić information content (AvgIpc) is 2.39. The second-order valence-electron chi connectivity index (χ2n) is 4.01. The first kappa shape index (κ1) is 14.5. The highest BCUT2D eigenvalue weighted by molar-refractivity contribution is 9.10. The summed E-state index contributed by atoms with van der Waals surface area (Å²) in [6.45, 7) is -0.00875. The van der Waals surface area contributed by atoms with Crippen LogP contribution in [0.15, 0.2) is 40.9 Å². The van der Waals surface area contributed by atoms with Crippen LogP contribution in [0.25, 0.3) is 0 Å². The van der Waals surface area contributed by atoms with Gasteiger partial charge in [-0.1, -0.05) is 34.1 Å². The van der Waals surface area contributed by atoms with Gasteiger partial charge in [-0.25, -0.2) is 8.78 Å². The van der Waals surface area contributed by atoms with E-state index < -0.39 is 23.3 Å². The predicted molar refractivity (Wildman–Crippen MR) is 73.3 cm³/mol. The van der Waals surface area contributed by atoms with E-state index in [9.17, 15) is 13.6 Å². The summed E-state index contributed by atoms with van der Waals surface area (Å²) in [5.74, 6) is -3.37. The first-order valence-electron chi connectivity index (χ1n) is 5.64. The van der Waals surface area contributed by atoms with Crippen molar-refractivity contribution in [2.45, 2.75) is 6.61 Å². The topological polar surface area (TPSA) is 52.3 Å². The molecule has 2 aromatic rings. The normalized spacial score (nSPS) is 10.3.